The molecular weight excluding hydrogens is 464 g/mol. The Balaban J connectivity index is 1.33. The van der Waals surface area contributed by atoms with E-state index in [9.17, 15) is 9.90 Å². The highest BCUT2D eigenvalue weighted by molar-refractivity contribution is 7.18. The molecule has 0 saturated heterocycles. The standard InChI is InChI=1S/C26H18N4O2S2/c1-29-8-7-13-10-16-14(11-15(13)29)12-17(30(16)2)18-5-6-20(34-18)24-22-21(25(31)28-24)23(27-26(22)32)19-4-3-9-33-19/h3-12,28,31H,1-2H3. The second-order valence-corrected chi connectivity index (χ2v) is 10.5. The third-order valence-electron chi connectivity index (χ3n) is 6.55. The molecule has 0 radical (unpaired) electrons. The molecule has 0 aliphatic carbocycles. The number of nitrogens with one attached hydrogen (secondary N) is 1. The van der Waals surface area contributed by atoms with E-state index in [-0.39, 0.29) is 11.8 Å². The fourth-order valence-electron chi connectivity index (χ4n) is 4.87. The number of aromatic nitrogens is 3. The van der Waals surface area contributed by atoms with Gasteiger partial charge in [0.15, 0.2) is 5.88 Å². The predicted molar refractivity (Wildman–Crippen MR) is 138 cm³/mol. The van der Waals surface area contributed by atoms with Crippen molar-refractivity contribution in [3.05, 3.63) is 76.1 Å². The predicted octanol–water partition coefficient (Wildman–Crippen LogP) is 6.15. The Morgan fingerprint density at radius 2 is 1.76 bits per heavy atom. The number of H-pyrrole nitrogens is 1. The summed E-state index contributed by atoms with van der Waals surface area (Å²) in [5.74, 6) is -0.342. The third-order valence-corrected chi connectivity index (χ3v) is 8.55. The molecule has 1 aliphatic rings. The second kappa shape index (κ2) is 6.82. The van der Waals surface area contributed by atoms with E-state index in [4.69, 9.17) is 0 Å². The minimum atomic E-state index is -0.323. The summed E-state index contributed by atoms with van der Waals surface area (Å²) < 4.78 is 4.34. The highest BCUT2D eigenvalue weighted by atomic mass is 32.1. The minimum absolute atomic E-state index is 0.0192. The van der Waals surface area contributed by atoms with E-state index in [2.05, 4.69) is 69.7 Å². The molecule has 0 fully saturated rings. The number of amides is 1. The van der Waals surface area contributed by atoms with E-state index in [0.29, 0.717) is 22.5 Å². The molecule has 8 heteroatoms. The molecule has 0 bridgehead atoms. The van der Waals surface area contributed by atoms with Crippen LogP contribution in [-0.2, 0) is 14.1 Å². The number of hydrogen-bond donors (Lipinski definition) is 2. The third kappa shape index (κ3) is 2.60. The van der Waals surface area contributed by atoms with Crippen LogP contribution in [0.15, 0.2) is 65.1 Å². The van der Waals surface area contributed by atoms with Crippen LogP contribution in [0.5, 0.6) is 5.88 Å². The van der Waals surface area contributed by atoms with Crippen LogP contribution in [-0.4, -0.2) is 30.8 Å². The Kier molecular flexibility index (Phi) is 3.92. The fraction of sp³-hybridized carbons (Fsp3) is 0.0769. The molecule has 1 amide bonds. The van der Waals surface area contributed by atoms with Crippen molar-refractivity contribution in [1.29, 1.82) is 0 Å². The number of carbonyl (C=O) groups is 1. The smallest absolute Gasteiger partial charge is 0.280 e. The van der Waals surface area contributed by atoms with Crippen LogP contribution in [0, 0.1) is 0 Å². The van der Waals surface area contributed by atoms with Crippen LogP contribution in [0.4, 0.5) is 0 Å². The van der Waals surface area contributed by atoms with E-state index >= 15 is 0 Å². The van der Waals surface area contributed by atoms with E-state index in [1.807, 2.05) is 23.6 Å². The van der Waals surface area contributed by atoms with Gasteiger partial charge in [-0.3, -0.25) is 4.79 Å². The maximum absolute atomic E-state index is 12.8. The van der Waals surface area contributed by atoms with Gasteiger partial charge in [-0.15, -0.1) is 22.7 Å². The monoisotopic (exact) mass is 482 g/mol. The lowest BCUT2D eigenvalue weighted by atomic mass is 10.1. The first-order valence-corrected chi connectivity index (χ1v) is 12.5. The van der Waals surface area contributed by atoms with Crippen molar-refractivity contribution in [2.75, 3.05) is 0 Å². The van der Waals surface area contributed by atoms with Crippen LogP contribution in [0.2, 0.25) is 0 Å². The van der Waals surface area contributed by atoms with Crippen molar-refractivity contribution in [1.82, 2.24) is 14.1 Å². The van der Waals surface area contributed by atoms with Gasteiger partial charge in [-0.25, -0.2) is 4.99 Å². The van der Waals surface area contributed by atoms with Gasteiger partial charge >= 0.3 is 0 Å². The van der Waals surface area contributed by atoms with Crippen molar-refractivity contribution in [2.45, 2.75) is 0 Å². The molecule has 7 rings (SSSR count). The van der Waals surface area contributed by atoms with Crippen LogP contribution >= 0.6 is 22.7 Å². The number of thiophene rings is 2. The van der Waals surface area contributed by atoms with E-state index in [1.54, 1.807) is 11.3 Å². The van der Waals surface area contributed by atoms with E-state index in [1.165, 1.54) is 33.1 Å². The van der Waals surface area contributed by atoms with Gasteiger partial charge in [0.25, 0.3) is 5.91 Å². The Morgan fingerprint density at radius 3 is 2.59 bits per heavy atom. The number of nitrogens with zero attached hydrogens (tertiary/aromatic N) is 3. The van der Waals surface area contributed by atoms with Crippen molar-refractivity contribution >= 4 is 56.1 Å². The van der Waals surface area contributed by atoms with Crippen LogP contribution in [0.25, 0.3) is 42.9 Å². The summed E-state index contributed by atoms with van der Waals surface area (Å²) in [4.78, 5) is 23.0. The lowest BCUT2D eigenvalue weighted by Crippen LogP contribution is -1.96. The van der Waals surface area contributed by atoms with Crippen molar-refractivity contribution < 1.29 is 9.90 Å². The molecule has 2 N–H and O–H groups in total. The van der Waals surface area contributed by atoms with Crippen LogP contribution in [0.1, 0.15) is 20.8 Å². The molecule has 34 heavy (non-hydrogen) atoms. The van der Waals surface area contributed by atoms with Crippen molar-refractivity contribution in [3.8, 4) is 27.0 Å². The molecule has 166 valence electrons. The molecule has 0 spiro atoms. The Bertz CT molecular complexity index is 1810. The zero-order valence-corrected chi connectivity index (χ0v) is 19.9. The fourth-order valence-corrected chi connectivity index (χ4v) is 6.65. The summed E-state index contributed by atoms with van der Waals surface area (Å²) in [6.45, 7) is 0. The summed E-state index contributed by atoms with van der Waals surface area (Å²) in [5, 5.41) is 15.0. The minimum Gasteiger partial charge on any atom is -0.494 e. The van der Waals surface area contributed by atoms with Crippen molar-refractivity contribution in [3.63, 3.8) is 0 Å². The number of aliphatic imine (C=N–C) groups is 1. The first-order chi connectivity index (χ1) is 16.5. The summed E-state index contributed by atoms with van der Waals surface area (Å²) in [7, 11) is 4.14. The second-order valence-electron chi connectivity index (χ2n) is 8.49. The van der Waals surface area contributed by atoms with E-state index < -0.39 is 0 Å². The Morgan fingerprint density at radius 1 is 0.941 bits per heavy atom. The molecular formula is C26H18N4O2S2. The van der Waals surface area contributed by atoms with E-state index in [0.717, 1.165) is 20.3 Å². The van der Waals surface area contributed by atoms with Crippen LogP contribution in [0.3, 0.4) is 0 Å². The molecule has 6 aromatic rings. The normalized spacial score (nSPS) is 13.4. The highest BCUT2D eigenvalue weighted by Crippen LogP contribution is 2.43. The average molecular weight is 483 g/mol. The maximum atomic E-state index is 12.8. The zero-order chi connectivity index (χ0) is 23.1. The molecule has 6 nitrogen and oxygen atoms in total. The molecule has 1 aliphatic heterocycles. The Hall–Kier alpha value is -3.88. The van der Waals surface area contributed by atoms with Crippen LogP contribution < -0.4 is 0 Å². The summed E-state index contributed by atoms with van der Waals surface area (Å²) >= 11 is 3.09. The molecule has 0 unspecified atom stereocenters. The number of aromatic hydroxyl groups is 1. The number of aryl methyl sites for hydroxylation is 2. The zero-order valence-electron chi connectivity index (χ0n) is 18.3. The number of benzene rings is 1. The summed E-state index contributed by atoms with van der Waals surface area (Å²) in [6, 6.07) is 16.7. The Labute approximate surface area is 202 Å². The molecule has 0 atom stereocenters. The quantitative estimate of drug-likeness (QED) is 0.317. The van der Waals surface area contributed by atoms with Gasteiger partial charge in [-0.2, -0.15) is 0 Å². The number of carbonyl (C=O) groups excluding carboxylic acids is 1. The average Bonchev–Trinajstić information content (AvgIpc) is 3.64. The molecule has 5 aromatic heterocycles. The number of hydrogen-bond acceptors (Lipinski definition) is 4. The largest absolute Gasteiger partial charge is 0.494 e. The summed E-state index contributed by atoms with van der Waals surface area (Å²) in [6.07, 6.45) is 2.08. The van der Waals surface area contributed by atoms with Gasteiger partial charge < -0.3 is 19.2 Å². The van der Waals surface area contributed by atoms with Gasteiger partial charge in [0.1, 0.15) is 0 Å². The number of aromatic amines is 1. The van der Waals surface area contributed by atoms with Gasteiger partial charge in [-0.05, 0) is 47.8 Å². The lowest BCUT2D eigenvalue weighted by molar-refractivity contribution is 0.101. The molecule has 0 saturated carbocycles. The maximum Gasteiger partial charge on any atom is 0.280 e. The lowest BCUT2D eigenvalue weighted by Gasteiger charge is -2.02. The van der Waals surface area contributed by atoms with Gasteiger partial charge in [0.2, 0.25) is 0 Å². The SMILES string of the molecule is Cn1ccc2cc3c(cc(-c4ccc(-c5[nH]c(O)c6c5C(=O)N=C6c5cccs5)s4)n3C)cc21. The molecule has 6 heterocycles. The highest BCUT2D eigenvalue weighted by Gasteiger charge is 2.34. The first kappa shape index (κ1) is 19.6. The first-order valence-electron chi connectivity index (χ1n) is 10.8. The summed E-state index contributed by atoms with van der Waals surface area (Å²) in [5.41, 5.74) is 5.57. The number of rotatable bonds is 3. The van der Waals surface area contributed by atoms with Gasteiger partial charge in [0.05, 0.1) is 42.9 Å². The van der Waals surface area contributed by atoms with Gasteiger partial charge in [-0.1, -0.05) is 6.07 Å². The van der Waals surface area contributed by atoms with Gasteiger partial charge in [0, 0.05) is 42.1 Å². The molecule has 1 aromatic carbocycles. The number of fused-ring (bicyclic) bond motifs is 3. The van der Waals surface area contributed by atoms with Crippen molar-refractivity contribution in [2.24, 2.45) is 19.1 Å². The topological polar surface area (TPSA) is 75.3 Å².